The van der Waals surface area contributed by atoms with Crippen molar-refractivity contribution in [3.63, 3.8) is 0 Å². The van der Waals surface area contributed by atoms with Crippen LogP contribution in [-0.2, 0) is 0 Å². The van der Waals surface area contributed by atoms with Crippen molar-refractivity contribution in [2.45, 2.75) is 0 Å². The maximum atomic E-state index is 11.5. The van der Waals surface area contributed by atoms with Gasteiger partial charge < -0.3 is 5.73 Å². The van der Waals surface area contributed by atoms with Gasteiger partial charge in [0.05, 0.1) is 5.39 Å². The minimum atomic E-state index is -0.811. The van der Waals surface area contributed by atoms with Crippen molar-refractivity contribution in [3.05, 3.63) is 27.4 Å². The van der Waals surface area contributed by atoms with Crippen molar-refractivity contribution in [1.29, 1.82) is 0 Å². The van der Waals surface area contributed by atoms with E-state index in [0.717, 1.165) is 0 Å². The summed E-state index contributed by atoms with van der Waals surface area (Å²) in [6.07, 6.45) is 0. The van der Waals surface area contributed by atoms with E-state index in [9.17, 15) is 9.59 Å². The van der Waals surface area contributed by atoms with Gasteiger partial charge in [-0.3, -0.25) is 14.7 Å². The van der Waals surface area contributed by atoms with E-state index in [-0.39, 0.29) is 5.69 Å². The second-order valence-corrected chi connectivity index (χ2v) is 3.35. The Morgan fingerprint density at radius 1 is 1.62 bits per heavy atom. The molecule has 0 fully saturated rings. The van der Waals surface area contributed by atoms with Crippen LogP contribution in [0.2, 0.25) is 0 Å². The Hall–Kier alpha value is -1.69. The van der Waals surface area contributed by atoms with Crippen LogP contribution < -0.4 is 11.2 Å². The molecule has 1 amide bonds. The molecular weight excluding hydrogens is 190 g/mol. The van der Waals surface area contributed by atoms with Gasteiger partial charge in [0.15, 0.2) is 5.69 Å². The van der Waals surface area contributed by atoms with Crippen molar-refractivity contribution in [2.75, 3.05) is 0 Å². The highest BCUT2D eigenvalue weighted by atomic mass is 32.1. The summed E-state index contributed by atoms with van der Waals surface area (Å²) in [7, 11) is 0. The third kappa shape index (κ3) is 1.11. The van der Waals surface area contributed by atoms with Crippen LogP contribution in [0.5, 0.6) is 0 Å². The lowest BCUT2D eigenvalue weighted by molar-refractivity contribution is 0.0994. The molecule has 0 saturated heterocycles. The Morgan fingerprint density at radius 2 is 2.38 bits per heavy atom. The van der Waals surface area contributed by atoms with Crippen molar-refractivity contribution in [3.8, 4) is 0 Å². The maximum absolute atomic E-state index is 11.5. The van der Waals surface area contributed by atoms with Crippen molar-refractivity contribution < 1.29 is 4.79 Å². The smallest absolute Gasteiger partial charge is 0.273 e. The summed E-state index contributed by atoms with van der Waals surface area (Å²) in [4.78, 5) is 22.8. The molecule has 6 heteroatoms. The lowest BCUT2D eigenvalue weighted by atomic mass is 10.3. The Morgan fingerprint density at radius 3 is 3.08 bits per heavy atom. The Balaban J connectivity index is 2.89. The quantitative estimate of drug-likeness (QED) is 0.675. The van der Waals surface area contributed by atoms with Crippen LogP contribution in [0.4, 0.5) is 0 Å². The zero-order valence-corrected chi connectivity index (χ0v) is 7.22. The maximum Gasteiger partial charge on any atom is 0.273 e. The lowest BCUT2D eigenvalue weighted by Crippen LogP contribution is -2.24. The number of aromatic amines is 1. The highest BCUT2D eigenvalue weighted by Gasteiger charge is 2.11. The molecule has 0 atom stereocenters. The van der Waals surface area contributed by atoms with E-state index in [4.69, 9.17) is 5.73 Å². The van der Waals surface area contributed by atoms with Gasteiger partial charge in [-0.25, -0.2) is 0 Å². The second-order valence-electron chi connectivity index (χ2n) is 2.43. The van der Waals surface area contributed by atoms with Gasteiger partial charge in [-0.15, -0.1) is 11.3 Å². The normalized spacial score (nSPS) is 10.5. The lowest BCUT2D eigenvalue weighted by Gasteiger charge is -1.92. The van der Waals surface area contributed by atoms with E-state index in [1.54, 1.807) is 11.4 Å². The molecule has 13 heavy (non-hydrogen) atoms. The molecule has 3 N–H and O–H groups in total. The van der Waals surface area contributed by atoms with Crippen molar-refractivity contribution in [2.24, 2.45) is 5.73 Å². The number of carbonyl (C=O) groups excluding carboxylic acids is 1. The Bertz CT molecular complexity index is 528. The molecule has 2 aromatic heterocycles. The third-order valence-electron chi connectivity index (χ3n) is 1.63. The summed E-state index contributed by atoms with van der Waals surface area (Å²) < 4.78 is 0. The van der Waals surface area contributed by atoms with Crippen LogP contribution in [0.3, 0.4) is 0 Å². The fourth-order valence-corrected chi connectivity index (χ4v) is 1.75. The first-order valence-corrected chi connectivity index (χ1v) is 4.34. The molecule has 0 aliphatic rings. The zero-order chi connectivity index (χ0) is 9.42. The fourth-order valence-electron chi connectivity index (χ4n) is 1.03. The predicted molar refractivity (Wildman–Crippen MR) is 48.8 cm³/mol. The van der Waals surface area contributed by atoms with E-state index < -0.39 is 11.3 Å². The predicted octanol–water partition coefficient (Wildman–Crippen LogP) is 0.0835. The molecule has 5 nitrogen and oxygen atoms in total. The average Bonchev–Trinajstić information content (AvgIpc) is 2.52. The standard InChI is InChI=1S/C7H5N3O2S/c8-6(12)4-5(11)3-1-2-13-7(3)10-9-4/h1-2H,(H2,8,12)(H,10,11). The minimum absolute atomic E-state index is 0.245. The molecular formula is C7H5N3O2S. The summed E-state index contributed by atoms with van der Waals surface area (Å²) in [5.74, 6) is -0.811. The number of aromatic nitrogens is 2. The van der Waals surface area contributed by atoms with Crippen molar-refractivity contribution in [1.82, 2.24) is 10.2 Å². The van der Waals surface area contributed by atoms with Crippen LogP contribution in [-0.4, -0.2) is 16.1 Å². The number of primary amides is 1. The van der Waals surface area contributed by atoms with Crippen LogP contribution in [0.15, 0.2) is 16.2 Å². The van der Waals surface area contributed by atoms with Gasteiger partial charge in [0.25, 0.3) is 5.91 Å². The van der Waals surface area contributed by atoms with Gasteiger partial charge in [-0.2, -0.15) is 5.10 Å². The Labute approximate surface area is 76.2 Å². The van der Waals surface area contributed by atoms with Crippen LogP contribution >= 0.6 is 11.3 Å². The second kappa shape index (κ2) is 2.67. The Kier molecular flexibility index (Phi) is 1.63. The molecule has 2 heterocycles. The van der Waals surface area contributed by atoms with E-state index in [1.807, 2.05) is 0 Å². The first-order valence-electron chi connectivity index (χ1n) is 3.46. The van der Waals surface area contributed by atoms with Gasteiger partial charge in [-0.05, 0) is 11.4 Å². The summed E-state index contributed by atoms with van der Waals surface area (Å²) >= 11 is 1.35. The topological polar surface area (TPSA) is 88.8 Å². The molecule has 0 aliphatic heterocycles. The number of carbonyl (C=O) groups is 1. The molecule has 0 aliphatic carbocycles. The molecule has 0 unspecified atom stereocenters. The molecule has 66 valence electrons. The van der Waals surface area contributed by atoms with Gasteiger partial charge >= 0.3 is 0 Å². The third-order valence-corrected chi connectivity index (χ3v) is 2.45. The number of fused-ring (bicyclic) bond motifs is 1. The minimum Gasteiger partial charge on any atom is -0.364 e. The SMILES string of the molecule is NC(=O)c1n[nH]c2sccc2c1=O. The number of hydrogen-bond acceptors (Lipinski definition) is 4. The number of hydrogen-bond donors (Lipinski definition) is 2. The number of nitrogens with one attached hydrogen (secondary N) is 1. The van der Waals surface area contributed by atoms with Gasteiger partial charge in [-0.1, -0.05) is 0 Å². The fraction of sp³-hybridized carbons (Fsp3) is 0. The summed E-state index contributed by atoms with van der Waals surface area (Å²) in [6.45, 7) is 0. The van der Waals surface area contributed by atoms with E-state index >= 15 is 0 Å². The summed E-state index contributed by atoms with van der Waals surface area (Å²) in [6, 6.07) is 1.63. The number of nitrogens with zero attached hydrogens (tertiary/aromatic N) is 1. The zero-order valence-electron chi connectivity index (χ0n) is 6.40. The number of rotatable bonds is 1. The van der Waals surface area contributed by atoms with Crippen molar-refractivity contribution >= 4 is 27.5 Å². The number of nitrogens with two attached hydrogens (primary N) is 1. The first kappa shape index (κ1) is 7.93. The first-order chi connectivity index (χ1) is 6.20. The van der Waals surface area contributed by atoms with Gasteiger partial charge in [0.1, 0.15) is 4.83 Å². The highest BCUT2D eigenvalue weighted by molar-refractivity contribution is 7.16. The largest absolute Gasteiger partial charge is 0.364 e. The number of H-pyrrole nitrogens is 1. The van der Waals surface area contributed by atoms with E-state index in [1.165, 1.54) is 11.3 Å². The average molecular weight is 195 g/mol. The molecule has 0 saturated carbocycles. The molecule has 2 aromatic rings. The summed E-state index contributed by atoms with van der Waals surface area (Å²) in [5.41, 5.74) is 4.30. The number of thiophene rings is 1. The molecule has 0 radical (unpaired) electrons. The van der Waals surface area contributed by atoms with E-state index in [0.29, 0.717) is 10.2 Å². The highest BCUT2D eigenvalue weighted by Crippen LogP contribution is 2.13. The van der Waals surface area contributed by atoms with Crippen LogP contribution in [0, 0.1) is 0 Å². The molecule has 0 bridgehead atoms. The van der Waals surface area contributed by atoms with Crippen LogP contribution in [0.1, 0.15) is 10.5 Å². The van der Waals surface area contributed by atoms with E-state index in [2.05, 4.69) is 10.2 Å². The monoisotopic (exact) mass is 195 g/mol. The van der Waals surface area contributed by atoms with Gasteiger partial charge in [0.2, 0.25) is 5.43 Å². The van der Waals surface area contributed by atoms with Gasteiger partial charge in [0, 0.05) is 0 Å². The number of amides is 1. The molecule has 2 rings (SSSR count). The van der Waals surface area contributed by atoms with Crippen LogP contribution in [0.25, 0.3) is 10.2 Å². The molecule has 0 aromatic carbocycles. The summed E-state index contributed by atoms with van der Waals surface area (Å²) in [5, 5.41) is 8.36. The molecule has 0 spiro atoms.